The average Bonchev–Trinajstić information content (AvgIpc) is 2.93. The summed E-state index contributed by atoms with van der Waals surface area (Å²) in [6.07, 6.45) is 3.27. The Morgan fingerprint density at radius 2 is 1.64 bits per heavy atom. The number of fused-ring (bicyclic) bond motifs is 4. The summed E-state index contributed by atoms with van der Waals surface area (Å²) in [5.41, 5.74) is 4.09. The quantitative estimate of drug-likeness (QED) is 0.492. The first-order chi connectivity index (χ1) is 17.7. The van der Waals surface area contributed by atoms with E-state index in [2.05, 4.69) is 17.0 Å². The summed E-state index contributed by atoms with van der Waals surface area (Å²) in [7, 11) is 1.68. The second-order valence-electron chi connectivity index (χ2n) is 9.90. The van der Waals surface area contributed by atoms with Crippen LogP contribution < -0.4 is 9.64 Å². The normalized spacial score (nSPS) is 22.8. The molecule has 3 aromatic rings. The highest BCUT2D eigenvalue weighted by Gasteiger charge is 2.49. The number of rotatable bonds is 3. The second-order valence-corrected chi connectivity index (χ2v) is 9.90. The molecule has 0 aliphatic carbocycles. The number of carbonyl (C=O) groups excluding carboxylic acids is 2. The summed E-state index contributed by atoms with van der Waals surface area (Å²) in [4.78, 5) is 33.8. The van der Waals surface area contributed by atoms with E-state index in [1.807, 2.05) is 71.6 Å². The number of anilines is 2. The van der Waals surface area contributed by atoms with Crippen molar-refractivity contribution < 1.29 is 14.3 Å². The number of piperidine rings is 2. The van der Waals surface area contributed by atoms with E-state index >= 15 is 0 Å². The summed E-state index contributed by atoms with van der Waals surface area (Å²) in [5.74, 6) is 0.895. The number of urea groups is 1. The molecule has 0 spiro atoms. The van der Waals surface area contributed by atoms with Gasteiger partial charge in [-0.15, -0.1) is 0 Å². The molecule has 0 radical (unpaired) electrons. The number of methoxy groups -OCH3 is 1. The molecular weight excluding hydrogens is 450 g/mol. The van der Waals surface area contributed by atoms with Crippen molar-refractivity contribution in [1.82, 2.24) is 9.80 Å². The fraction of sp³-hybridized carbons (Fsp3) is 0.333. The van der Waals surface area contributed by atoms with Crippen LogP contribution in [0.5, 0.6) is 5.75 Å². The van der Waals surface area contributed by atoms with Gasteiger partial charge in [0, 0.05) is 19.1 Å². The fourth-order valence-corrected chi connectivity index (χ4v) is 6.30. The zero-order valence-corrected chi connectivity index (χ0v) is 20.5. The molecule has 3 aliphatic heterocycles. The van der Waals surface area contributed by atoms with Gasteiger partial charge in [0.05, 0.1) is 30.4 Å². The predicted molar refractivity (Wildman–Crippen MR) is 139 cm³/mol. The molecule has 3 aromatic carbocycles. The molecule has 0 bridgehead atoms. The lowest BCUT2D eigenvalue weighted by molar-refractivity contribution is -0.148. The van der Waals surface area contributed by atoms with Crippen molar-refractivity contribution in [2.24, 2.45) is 5.92 Å². The third kappa shape index (κ3) is 3.81. The van der Waals surface area contributed by atoms with E-state index < -0.39 is 0 Å². The molecule has 2 fully saturated rings. The molecule has 6 nitrogen and oxygen atoms in total. The highest BCUT2D eigenvalue weighted by molar-refractivity contribution is 6.00. The van der Waals surface area contributed by atoms with Gasteiger partial charge >= 0.3 is 6.03 Å². The van der Waals surface area contributed by atoms with E-state index in [-0.39, 0.29) is 29.9 Å². The molecule has 184 valence electrons. The van der Waals surface area contributed by atoms with Gasteiger partial charge in [-0.2, -0.15) is 0 Å². The van der Waals surface area contributed by atoms with Crippen LogP contribution in [0.1, 0.15) is 36.4 Å². The number of ether oxygens (including phenoxy) is 1. The molecule has 3 unspecified atom stereocenters. The Kier molecular flexibility index (Phi) is 5.88. The molecule has 0 N–H and O–H groups in total. The Balaban J connectivity index is 1.36. The average molecular weight is 482 g/mol. The van der Waals surface area contributed by atoms with Crippen LogP contribution in [0.15, 0.2) is 78.9 Å². The minimum atomic E-state index is -0.146. The summed E-state index contributed by atoms with van der Waals surface area (Å²) in [6.45, 7) is 1.38. The Morgan fingerprint density at radius 3 is 2.31 bits per heavy atom. The van der Waals surface area contributed by atoms with Gasteiger partial charge in [-0.3, -0.25) is 9.69 Å². The van der Waals surface area contributed by atoms with E-state index in [4.69, 9.17) is 4.74 Å². The molecule has 0 saturated carbocycles. The zero-order valence-electron chi connectivity index (χ0n) is 20.5. The van der Waals surface area contributed by atoms with Crippen LogP contribution in [0.25, 0.3) is 0 Å². The summed E-state index contributed by atoms with van der Waals surface area (Å²) < 4.78 is 5.44. The third-order valence-corrected chi connectivity index (χ3v) is 8.02. The molecule has 3 heterocycles. The number of benzene rings is 3. The van der Waals surface area contributed by atoms with Gasteiger partial charge < -0.3 is 14.5 Å². The van der Waals surface area contributed by atoms with E-state index in [0.717, 1.165) is 49.4 Å². The summed E-state index contributed by atoms with van der Waals surface area (Å²) >= 11 is 0. The van der Waals surface area contributed by atoms with Crippen LogP contribution in [0.4, 0.5) is 16.2 Å². The first-order valence-corrected chi connectivity index (χ1v) is 12.8. The third-order valence-electron chi connectivity index (χ3n) is 8.02. The van der Waals surface area contributed by atoms with Crippen molar-refractivity contribution in [3.8, 4) is 5.75 Å². The van der Waals surface area contributed by atoms with Gasteiger partial charge in [-0.25, -0.2) is 4.79 Å². The number of likely N-dealkylation sites (tertiary alicyclic amines) is 1. The fourth-order valence-electron chi connectivity index (χ4n) is 6.30. The van der Waals surface area contributed by atoms with Crippen molar-refractivity contribution in [2.75, 3.05) is 25.1 Å². The molecule has 2 saturated heterocycles. The Hall–Kier alpha value is -3.80. The van der Waals surface area contributed by atoms with Crippen molar-refractivity contribution in [2.45, 2.75) is 37.8 Å². The maximum atomic E-state index is 14.3. The number of nitrogens with zero attached hydrogens (tertiary/aromatic N) is 3. The maximum Gasteiger partial charge on any atom is 0.329 e. The van der Waals surface area contributed by atoms with Gasteiger partial charge in [0.25, 0.3) is 0 Å². The van der Waals surface area contributed by atoms with E-state index in [9.17, 15) is 9.59 Å². The van der Waals surface area contributed by atoms with Gasteiger partial charge in [0.15, 0.2) is 0 Å². The van der Waals surface area contributed by atoms with Gasteiger partial charge in [0.1, 0.15) is 5.75 Å². The second kappa shape index (κ2) is 9.34. The lowest BCUT2D eigenvalue weighted by Crippen LogP contribution is -2.61. The topological polar surface area (TPSA) is 53.1 Å². The summed E-state index contributed by atoms with van der Waals surface area (Å²) in [5, 5.41) is 0. The van der Waals surface area contributed by atoms with E-state index in [1.165, 1.54) is 11.1 Å². The van der Waals surface area contributed by atoms with E-state index in [1.54, 1.807) is 12.0 Å². The number of hydrogen-bond acceptors (Lipinski definition) is 3. The smallest absolute Gasteiger partial charge is 0.329 e. The Morgan fingerprint density at radius 1 is 0.944 bits per heavy atom. The molecule has 3 atom stereocenters. The molecule has 6 heteroatoms. The lowest BCUT2D eigenvalue weighted by atomic mass is 9.76. The van der Waals surface area contributed by atoms with Crippen molar-refractivity contribution in [3.05, 3.63) is 90.0 Å². The van der Waals surface area contributed by atoms with Crippen LogP contribution in [0, 0.1) is 5.92 Å². The molecule has 3 aliphatic rings. The van der Waals surface area contributed by atoms with Crippen LogP contribution in [-0.2, 0) is 11.2 Å². The van der Waals surface area contributed by atoms with E-state index in [0.29, 0.717) is 6.54 Å². The van der Waals surface area contributed by atoms with Crippen LogP contribution in [-0.4, -0.2) is 48.0 Å². The minimum absolute atomic E-state index is 0.0105. The Labute approximate surface area is 212 Å². The molecule has 36 heavy (non-hydrogen) atoms. The SMILES string of the molecule is COc1ccc2c(c1)CCN1C(=O)C3CCCN(C(=O)N(c4ccccc4)c4ccccc4)C3CC21. The van der Waals surface area contributed by atoms with Crippen molar-refractivity contribution in [1.29, 1.82) is 0 Å². The van der Waals surface area contributed by atoms with Crippen molar-refractivity contribution in [3.63, 3.8) is 0 Å². The molecular formula is C30H31N3O3. The van der Waals surface area contributed by atoms with Crippen LogP contribution >= 0.6 is 0 Å². The van der Waals surface area contributed by atoms with Crippen LogP contribution in [0.2, 0.25) is 0 Å². The number of hydrogen-bond donors (Lipinski definition) is 0. The monoisotopic (exact) mass is 481 g/mol. The summed E-state index contributed by atoms with van der Waals surface area (Å²) in [6, 6.07) is 25.6. The lowest BCUT2D eigenvalue weighted by Gasteiger charge is -2.52. The Bertz CT molecular complexity index is 1220. The number of para-hydroxylation sites is 2. The number of carbonyl (C=O) groups is 2. The predicted octanol–water partition coefficient (Wildman–Crippen LogP) is 5.56. The van der Waals surface area contributed by atoms with Gasteiger partial charge in [-0.05, 0) is 73.2 Å². The first-order valence-electron chi connectivity index (χ1n) is 12.8. The minimum Gasteiger partial charge on any atom is -0.497 e. The first kappa shape index (κ1) is 22.7. The molecule has 0 aromatic heterocycles. The van der Waals surface area contributed by atoms with Gasteiger partial charge in [-0.1, -0.05) is 42.5 Å². The molecule has 3 amide bonds. The maximum absolute atomic E-state index is 14.3. The zero-order chi connectivity index (χ0) is 24.6. The van der Waals surface area contributed by atoms with Crippen LogP contribution in [0.3, 0.4) is 0 Å². The highest BCUT2D eigenvalue weighted by Crippen LogP contribution is 2.45. The largest absolute Gasteiger partial charge is 0.497 e. The van der Waals surface area contributed by atoms with Crippen molar-refractivity contribution >= 4 is 23.3 Å². The highest BCUT2D eigenvalue weighted by atomic mass is 16.5. The molecule has 6 rings (SSSR count). The standard InChI is InChI=1S/C30H31N3O3/c1-36-24-14-15-25-21(19-24)16-18-31-27(25)20-28-26(29(31)34)13-8-17-32(28)30(35)33(22-9-4-2-5-10-22)23-11-6-3-7-12-23/h2-7,9-12,14-15,19,26-28H,8,13,16-18,20H2,1H3. The number of amides is 3. The van der Waals surface area contributed by atoms with Gasteiger partial charge in [0.2, 0.25) is 5.91 Å².